The molecule has 1 heterocycles. The molecule has 3 rings (SSSR count). The van der Waals surface area contributed by atoms with Crippen molar-refractivity contribution in [2.75, 3.05) is 6.54 Å². The molecule has 0 saturated heterocycles. The lowest BCUT2D eigenvalue weighted by Gasteiger charge is -2.13. The molecule has 1 aromatic heterocycles. The molecule has 0 amide bonds. The first-order chi connectivity index (χ1) is 13.8. The monoisotopic (exact) mass is 376 g/mol. The van der Waals surface area contributed by atoms with Crippen LogP contribution >= 0.6 is 0 Å². The molecule has 0 aliphatic rings. The third-order valence-corrected chi connectivity index (χ3v) is 4.51. The van der Waals surface area contributed by atoms with E-state index in [0.29, 0.717) is 13.1 Å². The van der Waals surface area contributed by atoms with E-state index in [1.165, 1.54) is 22.3 Å². The molecule has 146 valence electrons. The first-order valence-corrected chi connectivity index (χ1v) is 9.77. The maximum Gasteiger partial charge on any atom is 0.191 e. The van der Waals surface area contributed by atoms with Gasteiger partial charge in [0, 0.05) is 13.1 Å². The maximum absolute atomic E-state index is 4.75. The number of aryl methyl sites for hydroxylation is 1. The first kappa shape index (κ1) is 19.6. The van der Waals surface area contributed by atoms with E-state index in [0.717, 1.165) is 25.5 Å². The van der Waals surface area contributed by atoms with Crippen LogP contribution < -0.4 is 10.6 Å². The number of rotatable bonds is 8. The molecule has 2 aromatic carbocycles. The summed E-state index contributed by atoms with van der Waals surface area (Å²) in [7, 11) is 0. The molecule has 0 spiro atoms. The van der Waals surface area contributed by atoms with Gasteiger partial charge in [-0.25, -0.2) is 14.7 Å². The first-order valence-electron chi connectivity index (χ1n) is 9.77. The zero-order valence-corrected chi connectivity index (χ0v) is 16.6. The van der Waals surface area contributed by atoms with Crippen molar-refractivity contribution in [1.82, 2.24) is 25.4 Å². The minimum absolute atomic E-state index is 0.621. The van der Waals surface area contributed by atoms with Crippen LogP contribution in [0.1, 0.15) is 36.1 Å². The number of aromatic nitrogens is 3. The lowest BCUT2D eigenvalue weighted by Crippen LogP contribution is -2.37. The van der Waals surface area contributed by atoms with Crippen molar-refractivity contribution in [3.05, 3.63) is 83.4 Å². The van der Waals surface area contributed by atoms with Gasteiger partial charge in [0.2, 0.25) is 0 Å². The molecule has 3 aromatic rings. The zero-order valence-electron chi connectivity index (χ0n) is 16.6. The smallest absolute Gasteiger partial charge is 0.191 e. The number of guanidine groups is 1. The molecule has 0 saturated carbocycles. The standard InChI is InChI=1S/C22H28N6/c1-3-20-10-5-6-11-21(20)14-26-22(24-4-2)25-13-18-8-7-9-19(12-18)15-28-17-23-16-27-28/h5-12,16-17H,3-4,13-15H2,1-2H3,(H2,24,25,26). The van der Waals surface area contributed by atoms with E-state index in [2.05, 4.69) is 83.1 Å². The third-order valence-electron chi connectivity index (χ3n) is 4.51. The Morgan fingerprint density at radius 1 is 1.00 bits per heavy atom. The van der Waals surface area contributed by atoms with Crippen LogP contribution in [-0.4, -0.2) is 27.3 Å². The fraction of sp³-hybridized carbons (Fsp3) is 0.318. The normalized spacial score (nSPS) is 11.4. The van der Waals surface area contributed by atoms with E-state index >= 15 is 0 Å². The summed E-state index contributed by atoms with van der Waals surface area (Å²) in [6.45, 7) is 7.19. The van der Waals surface area contributed by atoms with Crippen molar-refractivity contribution in [3.63, 3.8) is 0 Å². The van der Waals surface area contributed by atoms with Gasteiger partial charge in [0.25, 0.3) is 0 Å². The number of hydrogen-bond acceptors (Lipinski definition) is 3. The van der Waals surface area contributed by atoms with Crippen molar-refractivity contribution in [3.8, 4) is 0 Å². The predicted molar refractivity (Wildman–Crippen MR) is 113 cm³/mol. The van der Waals surface area contributed by atoms with Gasteiger partial charge in [-0.2, -0.15) is 5.10 Å². The molecule has 6 nitrogen and oxygen atoms in total. The van der Waals surface area contributed by atoms with Gasteiger partial charge in [0.1, 0.15) is 12.7 Å². The number of aliphatic imine (C=N–C) groups is 1. The average Bonchev–Trinajstić information content (AvgIpc) is 3.23. The van der Waals surface area contributed by atoms with Crippen LogP contribution in [0.5, 0.6) is 0 Å². The van der Waals surface area contributed by atoms with Gasteiger partial charge in [0.05, 0.1) is 13.1 Å². The predicted octanol–water partition coefficient (Wildman–Crippen LogP) is 3.14. The van der Waals surface area contributed by atoms with Crippen molar-refractivity contribution < 1.29 is 0 Å². The molecule has 0 aliphatic heterocycles. The molecule has 0 bridgehead atoms. The SMILES string of the molecule is CCNC(=NCc1cccc(Cn2cncn2)c1)NCc1ccccc1CC. The summed E-state index contributed by atoms with van der Waals surface area (Å²) in [5, 5.41) is 10.9. The second-order valence-corrected chi connectivity index (χ2v) is 6.58. The lowest BCUT2D eigenvalue weighted by molar-refractivity contribution is 0.684. The summed E-state index contributed by atoms with van der Waals surface area (Å²) < 4.78 is 1.82. The average molecular weight is 377 g/mol. The fourth-order valence-electron chi connectivity index (χ4n) is 3.09. The second-order valence-electron chi connectivity index (χ2n) is 6.58. The van der Waals surface area contributed by atoms with Crippen LogP contribution in [0.3, 0.4) is 0 Å². The van der Waals surface area contributed by atoms with E-state index in [1.54, 1.807) is 12.7 Å². The summed E-state index contributed by atoms with van der Waals surface area (Å²) in [5.41, 5.74) is 5.04. The van der Waals surface area contributed by atoms with E-state index < -0.39 is 0 Å². The fourth-order valence-corrected chi connectivity index (χ4v) is 3.09. The summed E-state index contributed by atoms with van der Waals surface area (Å²) in [5.74, 6) is 0.829. The molecule has 0 aliphatic carbocycles. The highest BCUT2D eigenvalue weighted by atomic mass is 15.3. The number of benzene rings is 2. The molecule has 2 N–H and O–H groups in total. The van der Waals surface area contributed by atoms with Gasteiger partial charge < -0.3 is 10.6 Å². The molecule has 28 heavy (non-hydrogen) atoms. The van der Waals surface area contributed by atoms with Crippen molar-refractivity contribution >= 4 is 5.96 Å². The van der Waals surface area contributed by atoms with Crippen LogP contribution in [-0.2, 0) is 26.1 Å². The minimum atomic E-state index is 0.621. The van der Waals surface area contributed by atoms with Gasteiger partial charge in [0.15, 0.2) is 5.96 Å². The minimum Gasteiger partial charge on any atom is -0.357 e. The van der Waals surface area contributed by atoms with Crippen molar-refractivity contribution in [1.29, 1.82) is 0 Å². The van der Waals surface area contributed by atoms with Crippen LogP contribution in [0, 0.1) is 0 Å². The highest BCUT2D eigenvalue weighted by Crippen LogP contribution is 2.10. The number of hydrogen-bond donors (Lipinski definition) is 2. The molecule has 0 unspecified atom stereocenters. The maximum atomic E-state index is 4.75. The zero-order chi connectivity index (χ0) is 19.6. The third kappa shape index (κ3) is 5.67. The van der Waals surface area contributed by atoms with Gasteiger partial charge in [-0.05, 0) is 35.6 Å². The highest BCUT2D eigenvalue weighted by Gasteiger charge is 2.03. The Hall–Kier alpha value is -3.15. The molecule has 0 fully saturated rings. The summed E-state index contributed by atoms with van der Waals surface area (Å²) in [6, 6.07) is 17.0. The van der Waals surface area contributed by atoms with E-state index in [1.807, 2.05) is 4.68 Å². The Kier molecular flexibility index (Phi) is 7.18. The Balaban J connectivity index is 1.64. The lowest BCUT2D eigenvalue weighted by atomic mass is 10.1. The Labute approximate surface area is 166 Å². The van der Waals surface area contributed by atoms with E-state index in [4.69, 9.17) is 4.99 Å². The molecular formula is C22H28N6. The van der Waals surface area contributed by atoms with Crippen molar-refractivity contribution in [2.45, 2.75) is 39.9 Å². The van der Waals surface area contributed by atoms with E-state index in [9.17, 15) is 0 Å². The molecule has 6 heteroatoms. The Morgan fingerprint density at radius 3 is 2.57 bits per heavy atom. The van der Waals surface area contributed by atoms with Gasteiger partial charge in [-0.15, -0.1) is 0 Å². The van der Waals surface area contributed by atoms with Gasteiger partial charge >= 0.3 is 0 Å². The molecular weight excluding hydrogens is 348 g/mol. The quantitative estimate of drug-likeness (QED) is 0.468. The summed E-state index contributed by atoms with van der Waals surface area (Å²) in [4.78, 5) is 8.74. The largest absolute Gasteiger partial charge is 0.357 e. The number of nitrogens with one attached hydrogen (secondary N) is 2. The summed E-state index contributed by atoms with van der Waals surface area (Å²) >= 11 is 0. The second kappa shape index (κ2) is 10.3. The van der Waals surface area contributed by atoms with Gasteiger partial charge in [-0.3, -0.25) is 0 Å². The van der Waals surface area contributed by atoms with Crippen LogP contribution in [0.25, 0.3) is 0 Å². The summed E-state index contributed by atoms with van der Waals surface area (Å²) in [6.07, 6.45) is 4.31. The van der Waals surface area contributed by atoms with Crippen LogP contribution in [0.2, 0.25) is 0 Å². The topological polar surface area (TPSA) is 67.1 Å². The molecule has 0 atom stereocenters. The van der Waals surface area contributed by atoms with Crippen molar-refractivity contribution in [2.24, 2.45) is 4.99 Å². The van der Waals surface area contributed by atoms with Crippen LogP contribution in [0.4, 0.5) is 0 Å². The van der Waals surface area contributed by atoms with E-state index in [-0.39, 0.29) is 0 Å². The Morgan fingerprint density at radius 2 is 1.82 bits per heavy atom. The van der Waals surface area contributed by atoms with Gasteiger partial charge in [-0.1, -0.05) is 55.5 Å². The molecule has 0 radical (unpaired) electrons. The van der Waals surface area contributed by atoms with Crippen LogP contribution in [0.15, 0.2) is 66.2 Å². The number of nitrogens with zero attached hydrogens (tertiary/aromatic N) is 4. The highest BCUT2D eigenvalue weighted by molar-refractivity contribution is 5.79. The Bertz CT molecular complexity index is 886.